The molecule has 0 heterocycles. The van der Waals surface area contributed by atoms with Gasteiger partial charge in [-0.1, -0.05) is 42.3 Å². The maximum Gasteiger partial charge on any atom is 0.339 e. The Balaban J connectivity index is 1.97. The van der Waals surface area contributed by atoms with E-state index in [9.17, 15) is 17.6 Å². The van der Waals surface area contributed by atoms with Gasteiger partial charge in [-0.25, -0.2) is 4.39 Å². The highest BCUT2D eigenvalue weighted by Crippen LogP contribution is 2.29. The molecule has 0 aliphatic heterocycles. The minimum absolute atomic E-state index is 0.0176. The van der Waals surface area contributed by atoms with Crippen LogP contribution in [0.1, 0.15) is 36.2 Å². The molecule has 5 nitrogen and oxygen atoms in total. The second kappa shape index (κ2) is 10.5. The van der Waals surface area contributed by atoms with Crippen LogP contribution < -0.4 is 4.18 Å². The van der Waals surface area contributed by atoms with Gasteiger partial charge in [0.25, 0.3) is 5.91 Å². The number of carbonyl (C=O) groups excluding carboxylic acids is 1. The lowest BCUT2D eigenvalue weighted by Crippen LogP contribution is -2.38. The van der Waals surface area contributed by atoms with Crippen molar-refractivity contribution in [2.75, 3.05) is 0 Å². The summed E-state index contributed by atoms with van der Waals surface area (Å²) in [6.07, 6.45) is 0.654. The van der Waals surface area contributed by atoms with Crippen LogP contribution in [0.5, 0.6) is 5.75 Å². The highest BCUT2D eigenvalue weighted by molar-refractivity contribution is 7.87. The Morgan fingerprint density at radius 3 is 2.36 bits per heavy atom. The van der Waals surface area contributed by atoms with Crippen molar-refractivity contribution in [2.45, 2.75) is 37.8 Å². The Morgan fingerprint density at radius 1 is 1.06 bits per heavy atom. The van der Waals surface area contributed by atoms with E-state index in [0.717, 1.165) is 24.3 Å². The SMILES string of the molecule is CCC(C)N(Cc1cc(Cl)ccc1OS(=O)(=O)c1ccc(F)cc1)C(=O)c1ccccc1Cl. The molecule has 0 aromatic heterocycles. The number of hydrogen-bond donors (Lipinski definition) is 0. The summed E-state index contributed by atoms with van der Waals surface area (Å²) in [5, 5.41) is 0.670. The molecule has 1 atom stereocenters. The van der Waals surface area contributed by atoms with Crippen LogP contribution >= 0.6 is 23.2 Å². The lowest BCUT2D eigenvalue weighted by molar-refractivity contribution is 0.0671. The first-order chi connectivity index (χ1) is 15.6. The van der Waals surface area contributed by atoms with Crippen LogP contribution in [0, 0.1) is 5.82 Å². The van der Waals surface area contributed by atoms with Gasteiger partial charge in [-0.2, -0.15) is 8.42 Å². The number of nitrogens with zero attached hydrogens (tertiary/aromatic N) is 1. The lowest BCUT2D eigenvalue weighted by Gasteiger charge is -2.30. The molecule has 1 unspecified atom stereocenters. The van der Waals surface area contributed by atoms with Crippen LogP contribution in [0.25, 0.3) is 0 Å². The Bertz CT molecular complexity index is 1250. The standard InChI is InChI=1S/C24H22Cl2FNO4S/c1-3-16(2)28(24(29)21-6-4-5-7-22(21)26)15-17-14-18(25)8-13-23(17)32-33(30,31)20-11-9-19(27)10-12-20/h4-14,16H,3,15H2,1-2H3. The van der Waals surface area contributed by atoms with Crippen molar-refractivity contribution in [1.29, 1.82) is 0 Å². The van der Waals surface area contributed by atoms with Crippen LogP contribution in [0.3, 0.4) is 0 Å². The van der Waals surface area contributed by atoms with E-state index in [4.69, 9.17) is 27.4 Å². The third kappa shape index (κ3) is 6.05. The third-order valence-electron chi connectivity index (χ3n) is 5.15. The largest absolute Gasteiger partial charge is 0.379 e. The summed E-state index contributed by atoms with van der Waals surface area (Å²) in [5.74, 6) is -0.852. The molecule has 3 rings (SSSR count). The highest BCUT2D eigenvalue weighted by Gasteiger charge is 2.25. The van der Waals surface area contributed by atoms with Gasteiger partial charge in [0.2, 0.25) is 0 Å². The summed E-state index contributed by atoms with van der Waals surface area (Å²) in [6, 6.07) is 15.3. The molecule has 3 aromatic rings. The highest BCUT2D eigenvalue weighted by atomic mass is 35.5. The van der Waals surface area contributed by atoms with Crippen molar-refractivity contribution in [2.24, 2.45) is 0 Å². The molecule has 0 fully saturated rings. The van der Waals surface area contributed by atoms with Crippen LogP contribution in [-0.4, -0.2) is 25.3 Å². The smallest absolute Gasteiger partial charge is 0.339 e. The minimum atomic E-state index is -4.24. The number of carbonyl (C=O) groups is 1. The first kappa shape index (κ1) is 25.0. The zero-order chi connectivity index (χ0) is 24.2. The van der Waals surface area contributed by atoms with Crippen molar-refractivity contribution in [1.82, 2.24) is 4.90 Å². The van der Waals surface area contributed by atoms with E-state index >= 15 is 0 Å². The molecule has 0 saturated carbocycles. The topological polar surface area (TPSA) is 63.7 Å². The fourth-order valence-corrected chi connectivity index (χ4v) is 4.52. The van der Waals surface area contributed by atoms with Gasteiger partial charge in [0.1, 0.15) is 16.5 Å². The van der Waals surface area contributed by atoms with Crippen LogP contribution in [0.4, 0.5) is 4.39 Å². The first-order valence-corrected chi connectivity index (χ1v) is 12.3. The molecule has 1 amide bonds. The van der Waals surface area contributed by atoms with Crippen molar-refractivity contribution >= 4 is 39.2 Å². The summed E-state index contributed by atoms with van der Waals surface area (Å²) < 4.78 is 44.1. The zero-order valence-corrected chi connectivity index (χ0v) is 20.3. The molecule has 0 aliphatic carbocycles. The van der Waals surface area contributed by atoms with E-state index in [2.05, 4.69) is 0 Å². The Labute approximate surface area is 202 Å². The number of amides is 1. The molecular formula is C24H22Cl2FNO4S. The van der Waals surface area contributed by atoms with Crippen LogP contribution in [0.2, 0.25) is 10.0 Å². The number of hydrogen-bond acceptors (Lipinski definition) is 4. The van der Waals surface area contributed by atoms with Gasteiger partial charge in [0.05, 0.1) is 17.1 Å². The monoisotopic (exact) mass is 509 g/mol. The van der Waals surface area contributed by atoms with Crippen molar-refractivity contribution in [3.05, 3.63) is 93.7 Å². The maximum absolute atomic E-state index is 13.3. The quantitative estimate of drug-likeness (QED) is 0.332. The molecule has 0 saturated heterocycles. The zero-order valence-electron chi connectivity index (χ0n) is 18.0. The maximum atomic E-state index is 13.3. The van der Waals surface area contributed by atoms with Gasteiger partial charge in [-0.05, 0) is 67.9 Å². The summed E-state index contributed by atoms with van der Waals surface area (Å²) >= 11 is 12.4. The summed E-state index contributed by atoms with van der Waals surface area (Å²) in [7, 11) is -4.24. The van der Waals surface area contributed by atoms with E-state index in [1.54, 1.807) is 35.2 Å². The van der Waals surface area contributed by atoms with Gasteiger partial charge < -0.3 is 9.08 Å². The third-order valence-corrected chi connectivity index (χ3v) is 6.97. The molecule has 9 heteroatoms. The second-order valence-electron chi connectivity index (χ2n) is 7.41. The van der Waals surface area contributed by atoms with Crippen molar-refractivity contribution in [3.8, 4) is 5.75 Å². The predicted octanol–water partition coefficient (Wildman–Crippen LogP) is 6.34. The summed E-state index contributed by atoms with van der Waals surface area (Å²) in [6.45, 7) is 3.86. The van der Waals surface area contributed by atoms with E-state index < -0.39 is 15.9 Å². The van der Waals surface area contributed by atoms with Crippen molar-refractivity contribution in [3.63, 3.8) is 0 Å². The molecule has 174 valence electrons. The number of rotatable bonds is 8. The summed E-state index contributed by atoms with van der Waals surface area (Å²) in [5.41, 5.74) is 0.733. The van der Waals surface area contributed by atoms with Gasteiger partial charge in [-0.15, -0.1) is 0 Å². The number of benzene rings is 3. The molecule has 0 aliphatic rings. The lowest BCUT2D eigenvalue weighted by atomic mass is 10.1. The van der Waals surface area contributed by atoms with E-state index in [1.807, 2.05) is 13.8 Å². The van der Waals surface area contributed by atoms with E-state index in [1.165, 1.54) is 12.1 Å². The summed E-state index contributed by atoms with van der Waals surface area (Å²) in [4.78, 5) is 14.7. The molecule has 0 radical (unpaired) electrons. The molecule has 33 heavy (non-hydrogen) atoms. The molecule has 0 bridgehead atoms. The van der Waals surface area contributed by atoms with Gasteiger partial charge in [0, 0.05) is 16.6 Å². The van der Waals surface area contributed by atoms with Gasteiger partial charge in [-0.3, -0.25) is 4.79 Å². The van der Waals surface area contributed by atoms with Crippen LogP contribution in [0.15, 0.2) is 71.6 Å². The first-order valence-electron chi connectivity index (χ1n) is 10.2. The molecule has 0 N–H and O–H groups in total. The Kier molecular flexibility index (Phi) is 8.00. The van der Waals surface area contributed by atoms with Crippen molar-refractivity contribution < 1.29 is 21.8 Å². The number of halogens is 3. The van der Waals surface area contributed by atoms with Gasteiger partial charge in [0.15, 0.2) is 0 Å². The Hall–Kier alpha value is -2.61. The molecular weight excluding hydrogens is 488 g/mol. The minimum Gasteiger partial charge on any atom is -0.379 e. The average Bonchev–Trinajstić information content (AvgIpc) is 2.78. The van der Waals surface area contributed by atoms with E-state index in [-0.39, 0.29) is 29.1 Å². The van der Waals surface area contributed by atoms with Crippen LogP contribution in [-0.2, 0) is 16.7 Å². The fraction of sp³-hybridized carbons (Fsp3) is 0.208. The molecule has 3 aromatic carbocycles. The average molecular weight is 510 g/mol. The second-order valence-corrected chi connectivity index (χ2v) is 9.80. The molecule has 0 spiro atoms. The predicted molar refractivity (Wildman–Crippen MR) is 127 cm³/mol. The Morgan fingerprint density at radius 2 is 1.73 bits per heavy atom. The normalized spacial score (nSPS) is 12.3. The fourth-order valence-electron chi connectivity index (χ4n) is 3.14. The van der Waals surface area contributed by atoms with E-state index in [0.29, 0.717) is 27.6 Å². The van der Waals surface area contributed by atoms with Gasteiger partial charge >= 0.3 is 10.1 Å².